The lowest BCUT2D eigenvalue weighted by atomic mass is 10.1. The predicted molar refractivity (Wildman–Crippen MR) is 133 cm³/mol. The van der Waals surface area contributed by atoms with Crippen LogP contribution in [0.1, 0.15) is 10.4 Å². The Kier molecular flexibility index (Phi) is 6.68. The summed E-state index contributed by atoms with van der Waals surface area (Å²) in [5, 5.41) is 7.12. The molecule has 10 nitrogen and oxygen atoms in total. The minimum atomic E-state index is -0.401. The van der Waals surface area contributed by atoms with Crippen LogP contribution in [0.2, 0.25) is 0 Å². The van der Waals surface area contributed by atoms with E-state index < -0.39 is 5.91 Å². The van der Waals surface area contributed by atoms with E-state index in [0.29, 0.717) is 54.7 Å². The third-order valence-electron chi connectivity index (χ3n) is 6.20. The molecule has 0 atom stereocenters. The summed E-state index contributed by atoms with van der Waals surface area (Å²) in [6.45, 7) is 3.81. The topological polar surface area (TPSA) is 106 Å². The van der Waals surface area contributed by atoms with Gasteiger partial charge in [-0.3, -0.25) is 14.4 Å². The highest BCUT2D eigenvalue weighted by molar-refractivity contribution is 5.95. The van der Waals surface area contributed by atoms with Gasteiger partial charge in [0.15, 0.2) is 11.5 Å². The summed E-state index contributed by atoms with van der Waals surface area (Å²) in [4.78, 5) is 41.7. The summed E-state index contributed by atoms with van der Waals surface area (Å²) in [7, 11) is 2.04. The lowest BCUT2D eigenvalue weighted by Crippen LogP contribution is -2.47. The van der Waals surface area contributed by atoms with Crippen molar-refractivity contribution in [3.8, 4) is 22.8 Å². The fourth-order valence-corrected chi connectivity index (χ4v) is 4.14. The summed E-state index contributed by atoms with van der Waals surface area (Å²) >= 11 is 0. The number of benzene rings is 2. The largest absolute Gasteiger partial charge is 0.486 e. The molecule has 5 rings (SSSR count). The maximum Gasteiger partial charge on any atom is 0.267 e. The van der Waals surface area contributed by atoms with Gasteiger partial charge in [0.1, 0.15) is 19.8 Å². The average Bonchev–Trinajstić information content (AvgIpc) is 2.90. The van der Waals surface area contributed by atoms with Crippen LogP contribution in [0.15, 0.2) is 59.4 Å². The van der Waals surface area contributed by atoms with Gasteiger partial charge >= 0.3 is 0 Å². The molecular weight excluding hydrogens is 462 g/mol. The van der Waals surface area contributed by atoms with Crippen LogP contribution in [-0.2, 0) is 11.3 Å². The zero-order chi connectivity index (χ0) is 25.1. The van der Waals surface area contributed by atoms with Crippen molar-refractivity contribution >= 4 is 17.5 Å². The first-order valence-electron chi connectivity index (χ1n) is 11.8. The van der Waals surface area contributed by atoms with Crippen molar-refractivity contribution in [1.29, 1.82) is 0 Å². The molecule has 1 saturated heterocycles. The molecule has 3 aromatic rings. The van der Waals surface area contributed by atoms with Gasteiger partial charge in [0, 0.05) is 49.1 Å². The van der Waals surface area contributed by atoms with Gasteiger partial charge < -0.3 is 24.6 Å². The van der Waals surface area contributed by atoms with E-state index in [1.165, 1.54) is 6.07 Å². The predicted octanol–water partition coefficient (Wildman–Crippen LogP) is 1.71. The van der Waals surface area contributed by atoms with Gasteiger partial charge in [-0.1, -0.05) is 0 Å². The number of carbonyl (C=O) groups is 2. The molecule has 0 saturated carbocycles. The molecule has 2 aliphatic heterocycles. The number of ether oxygens (including phenoxy) is 2. The number of rotatable bonds is 5. The lowest BCUT2D eigenvalue weighted by molar-refractivity contribution is -0.117. The Bertz CT molecular complexity index is 1330. The second kappa shape index (κ2) is 10.2. The molecule has 0 aliphatic carbocycles. The molecule has 0 radical (unpaired) electrons. The SMILES string of the molecule is CN1CCN(C(=O)c2ccc(NC(=O)Cn3nc(-c4ccc5c(c4)OCCO5)ccc3=O)cc2)CC1. The Morgan fingerprint density at radius 1 is 0.917 bits per heavy atom. The summed E-state index contributed by atoms with van der Waals surface area (Å²) in [5.74, 6) is 0.856. The van der Waals surface area contributed by atoms with Crippen molar-refractivity contribution in [3.63, 3.8) is 0 Å². The van der Waals surface area contributed by atoms with Crippen LogP contribution in [0.25, 0.3) is 11.3 Å². The molecule has 10 heteroatoms. The smallest absolute Gasteiger partial charge is 0.267 e. The van der Waals surface area contributed by atoms with Gasteiger partial charge in [0.2, 0.25) is 5.91 Å². The fourth-order valence-electron chi connectivity index (χ4n) is 4.14. The molecule has 2 aromatic carbocycles. The van der Waals surface area contributed by atoms with Crippen molar-refractivity contribution in [1.82, 2.24) is 19.6 Å². The van der Waals surface area contributed by atoms with E-state index >= 15 is 0 Å². The zero-order valence-corrected chi connectivity index (χ0v) is 20.0. The first kappa shape index (κ1) is 23.6. The second-order valence-corrected chi connectivity index (χ2v) is 8.79. The Morgan fingerprint density at radius 3 is 2.39 bits per heavy atom. The summed E-state index contributed by atoms with van der Waals surface area (Å²) in [5.41, 5.74) is 1.99. The third-order valence-corrected chi connectivity index (χ3v) is 6.20. The summed E-state index contributed by atoms with van der Waals surface area (Å²) < 4.78 is 12.3. The van der Waals surface area contributed by atoms with E-state index in [-0.39, 0.29) is 18.0 Å². The maximum absolute atomic E-state index is 12.7. The molecule has 0 bridgehead atoms. The van der Waals surface area contributed by atoms with Crippen molar-refractivity contribution in [2.24, 2.45) is 0 Å². The molecule has 36 heavy (non-hydrogen) atoms. The van der Waals surface area contributed by atoms with E-state index in [4.69, 9.17) is 9.47 Å². The number of aromatic nitrogens is 2. The highest BCUT2D eigenvalue weighted by atomic mass is 16.6. The van der Waals surface area contributed by atoms with E-state index in [0.717, 1.165) is 23.3 Å². The van der Waals surface area contributed by atoms with Crippen LogP contribution in [0, 0.1) is 0 Å². The number of amides is 2. The molecule has 0 unspecified atom stereocenters. The number of nitrogens with zero attached hydrogens (tertiary/aromatic N) is 4. The number of anilines is 1. The molecule has 1 fully saturated rings. The number of carbonyl (C=O) groups excluding carboxylic acids is 2. The van der Waals surface area contributed by atoms with Crippen LogP contribution in [0.4, 0.5) is 5.69 Å². The summed E-state index contributed by atoms with van der Waals surface area (Å²) in [6.07, 6.45) is 0. The van der Waals surface area contributed by atoms with Gasteiger partial charge in [-0.2, -0.15) is 5.10 Å². The van der Waals surface area contributed by atoms with Crippen molar-refractivity contribution < 1.29 is 19.1 Å². The lowest BCUT2D eigenvalue weighted by Gasteiger charge is -2.32. The van der Waals surface area contributed by atoms with Gasteiger partial charge in [0.05, 0.1) is 5.69 Å². The molecular formula is C26H27N5O5. The van der Waals surface area contributed by atoms with Crippen LogP contribution in [0.5, 0.6) is 11.5 Å². The molecule has 2 aliphatic rings. The fraction of sp³-hybridized carbons (Fsp3) is 0.308. The molecule has 1 aromatic heterocycles. The highest BCUT2D eigenvalue weighted by Gasteiger charge is 2.20. The van der Waals surface area contributed by atoms with Crippen LogP contribution in [0.3, 0.4) is 0 Å². The number of likely N-dealkylation sites (N-methyl/N-ethyl adjacent to an activating group) is 1. The number of piperazine rings is 1. The zero-order valence-electron chi connectivity index (χ0n) is 20.0. The summed E-state index contributed by atoms with van der Waals surface area (Å²) in [6, 6.07) is 15.2. The Morgan fingerprint density at radius 2 is 1.64 bits per heavy atom. The van der Waals surface area contributed by atoms with Crippen LogP contribution in [-0.4, -0.2) is 77.8 Å². The van der Waals surface area contributed by atoms with Gasteiger partial charge in [-0.25, -0.2) is 4.68 Å². The quantitative estimate of drug-likeness (QED) is 0.582. The van der Waals surface area contributed by atoms with Crippen LogP contribution >= 0.6 is 0 Å². The minimum Gasteiger partial charge on any atom is -0.486 e. The Hall–Kier alpha value is -4.18. The van der Waals surface area contributed by atoms with E-state index in [1.807, 2.05) is 18.0 Å². The standard InChI is InChI=1S/C26H27N5O5/c1-29-10-12-30(13-11-29)26(34)18-2-5-20(6-3-18)27-24(32)17-31-25(33)9-7-21(28-31)19-4-8-22-23(16-19)36-15-14-35-22/h2-9,16H,10-15,17H2,1H3,(H,27,32). The number of nitrogens with one attached hydrogen (secondary N) is 1. The van der Waals surface area contributed by atoms with Gasteiger partial charge in [-0.05, 0) is 55.6 Å². The second-order valence-electron chi connectivity index (χ2n) is 8.79. The first-order chi connectivity index (χ1) is 17.5. The monoisotopic (exact) mass is 489 g/mol. The van der Waals surface area contributed by atoms with E-state index in [1.54, 1.807) is 42.5 Å². The maximum atomic E-state index is 12.7. The average molecular weight is 490 g/mol. The van der Waals surface area contributed by atoms with Crippen molar-refractivity contribution in [2.45, 2.75) is 6.54 Å². The molecule has 186 valence electrons. The van der Waals surface area contributed by atoms with Crippen molar-refractivity contribution in [3.05, 3.63) is 70.5 Å². The van der Waals surface area contributed by atoms with Crippen LogP contribution < -0.4 is 20.3 Å². The van der Waals surface area contributed by atoms with E-state index in [9.17, 15) is 14.4 Å². The van der Waals surface area contributed by atoms with E-state index in [2.05, 4.69) is 15.3 Å². The Labute approximate surface area is 208 Å². The normalized spacial score (nSPS) is 15.4. The molecule has 1 N–H and O–H groups in total. The molecule has 0 spiro atoms. The highest BCUT2D eigenvalue weighted by Crippen LogP contribution is 2.33. The van der Waals surface area contributed by atoms with Gasteiger partial charge in [-0.15, -0.1) is 0 Å². The molecule has 2 amide bonds. The first-order valence-corrected chi connectivity index (χ1v) is 11.8. The number of hydrogen-bond donors (Lipinski definition) is 1. The van der Waals surface area contributed by atoms with Crippen molar-refractivity contribution in [2.75, 3.05) is 51.8 Å². The number of hydrogen-bond acceptors (Lipinski definition) is 7. The minimum absolute atomic E-state index is 0.0207. The third kappa shape index (κ3) is 5.23. The van der Waals surface area contributed by atoms with Gasteiger partial charge in [0.25, 0.3) is 11.5 Å². The molecule has 3 heterocycles. The Balaban J connectivity index is 1.24. The number of fused-ring (bicyclic) bond motifs is 1.